The van der Waals surface area contributed by atoms with E-state index in [0.717, 1.165) is 28.4 Å². The van der Waals surface area contributed by atoms with E-state index in [1.807, 2.05) is 0 Å². The third kappa shape index (κ3) is 3.46. The number of primary sulfonamides is 1. The summed E-state index contributed by atoms with van der Waals surface area (Å²) in [5.41, 5.74) is -0.0151. The summed E-state index contributed by atoms with van der Waals surface area (Å²) in [5.74, 6) is -1.46. The van der Waals surface area contributed by atoms with Gasteiger partial charge in [0.05, 0.1) is 15.9 Å². The first-order valence-corrected chi connectivity index (χ1v) is 10.5. The third-order valence-electron chi connectivity index (χ3n) is 3.74. The number of benzene rings is 1. The Morgan fingerprint density at radius 3 is 2.50 bits per heavy atom. The Bertz CT molecular complexity index is 996. The minimum Gasteiger partial charge on any atom is -0.291 e. The molecule has 0 saturated carbocycles. The van der Waals surface area contributed by atoms with Crippen molar-refractivity contribution in [3.8, 4) is 0 Å². The number of thiazole rings is 1. The minimum absolute atomic E-state index is 0.0478. The van der Waals surface area contributed by atoms with Crippen molar-refractivity contribution in [1.29, 1.82) is 0 Å². The van der Waals surface area contributed by atoms with Gasteiger partial charge in [0.15, 0.2) is 9.34 Å². The van der Waals surface area contributed by atoms with Crippen LogP contribution in [0.4, 0.5) is 24.4 Å². The minimum atomic E-state index is -3.96. The van der Waals surface area contributed by atoms with Crippen molar-refractivity contribution in [2.45, 2.75) is 17.6 Å². The van der Waals surface area contributed by atoms with Crippen molar-refractivity contribution >= 4 is 54.1 Å². The number of hydrogen-bond acceptors (Lipinski definition) is 5. The van der Waals surface area contributed by atoms with Gasteiger partial charge in [0.2, 0.25) is 10.0 Å². The van der Waals surface area contributed by atoms with Gasteiger partial charge in [-0.25, -0.2) is 32.1 Å². The maximum absolute atomic E-state index is 14.2. The first-order valence-electron chi connectivity index (χ1n) is 7.33. The van der Waals surface area contributed by atoms with Crippen LogP contribution in [-0.2, 0) is 10.0 Å². The molecule has 0 aliphatic carbocycles. The first kappa shape index (κ1) is 19.1. The summed E-state index contributed by atoms with van der Waals surface area (Å²) in [6, 6.07) is 1.26. The standard InChI is InChI=1S/C14H13BrF2N4O3S2/c1-7-12(26(18,23)24)25-13(19-7)21-4-2-3-20(14(21)22)11-6-9(16)8(15)5-10(11)17/h5-6H,2-4H2,1H3,(H2,18,23,24). The van der Waals surface area contributed by atoms with Crippen LogP contribution in [0.25, 0.3) is 0 Å². The number of carbonyl (C=O) groups is 1. The molecule has 7 nitrogen and oxygen atoms in total. The fourth-order valence-electron chi connectivity index (χ4n) is 2.59. The maximum atomic E-state index is 14.2. The van der Waals surface area contributed by atoms with Crippen LogP contribution in [-0.4, -0.2) is 32.5 Å². The van der Waals surface area contributed by atoms with Gasteiger partial charge in [-0.2, -0.15) is 0 Å². The summed E-state index contributed by atoms with van der Waals surface area (Å²) in [5, 5.41) is 5.28. The van der Waals surface area contributed by atoms with E-state index >= 15 is 0 Å². The number of aromatic nitrogens is 1. The average Bonchev–Trinajstić information content (AvgIpc) is 2.93. The lowest BCUT2D eigenvalue weighted by Crippen LogP contribution is -2.50. The van der Waals surface area contributed by atoms with Gasteiger partial charge < -0.3 is 0 Å². The number of sulfonamides is 1. The van der Waals surface area contributed by atoms with E-state index in [1.54, 1.807) is 0 Å². The number of hydrogen-bond donors (Lipinski definition) is 1. The molecule has 140 valence electrons. The smallest absolute Gasteiger partial charge is 0.291 e. The predicted molar refractivity (Wildman–Crippen MR) is 97.0 cm³/mol. The van der Waals surface area contributed by atoms with Crippen molar-refractivity contribution in [3.05, 3.63) is 33.9 Å². The molecule has 1 fully saturated rings. The highest BCUT2D eigenvalue weighted by molar-refractivity contribution is 9.10. The summed E-state index contributed by atoms with van der Waals surface area (Å²) >= 11 is 3.65. The molecule has 26 heavy (non-hydrogen) atoms. The van der Waals surface area contributed by atoms with Crippen LogP contribution in [0.5, 0.6) is 0 Å². The highest BCUT2D eigenvalue weighted by atomic mass is 79.9. The lowest BCUT2D eigenvalue weighted by molar-refractivity contribution is 0.248. The van der Waals surface area contributed by atoms with Gasteiger partial charge in [-0.05, 0) is 35.3 Å². The molecule has 0 unspecified atom stereocenters. The third-order valence-corrected chi connectivity index (χ3v) is 7.08. The van der Waals surface area contributed by atoms with Gasteiger partial charge in [0.25, 0.3) is 0 Å². The Hall–Kier alpha value is -1.63. The van der Waals surface area contributed by atoms with Gasteiger partial charge in [0.1, 0.15) is 11.6 Å². The number of amides is 2. The quantitative estimate of drug-likeness (QED) is 0.703. The molecule has 2 heterocycles. The normalized spacial score (nSPS) is 15.7. The Morgan fingerprint density at radius 2 is 1.88 bits per heavy atom. The molecule has 0 bridgehead atoms. The molecule has 12 heteroatoms. The van der Waals surface area contributed by atoms with Gasteiger partial charge in [-0.3, -0.25) is 9.80 Å². The Balaban J connectivity index is 1.98. The molecule has 3 rings (SSSR count). The zero-order valence-electron chi connectivity index (χ0n) is 13.4. The van der Waals surface area contributed by atoms with E-state index < -0.39 is 27.7 Å². The highest BCUT2D eigenvalue weighted by Gasteiger charge is 2.33. The Labute approximate surface area is 160 Å². The maximum Gasteiger partial charge on any atom is 0.330 e. The molecule has 2 aromatic rings. The molecular weight excluding hydrogens is 454 g/mol. The van der Waals surface area contributed by atoms with Gasteiger partial charge >= 0.3 is 6.03 Å². The number of nitrogens with zero attached hydrogens (tertiary/aromatic N) is 3. The highest BCUT2D eigenvalue weighted by Crippen LogP contribution is 2.33. The fourth-order valence-corrected chi connectivity index (χ4v) is 4.87. The molecule has 1 aliphatic rings. The second-order valence-corrected chi connectivity index (χ2v) is 9.16. The largest absolute Gasteiger partial charge is 0.330 e. The Morgan fingerprint density at radius 1 is 1.23 bits per heavy atom. The molecular formula is C14H13BrF2N4O3S2. The number of carbonyl (C=O) groups excluding carboxylic acids is 1. The van der Waals surface area contributed by atoms with Gasteiger partial charge in [-0.15, -0.1) is 0 Å². The van der Waals surface area contributed by atoms with Crippen LogP contribution in [0.15, 0.2) is 20.8 Å². The van der Waals surface area contributed by atoms with E-state index in [4.69, 9.17) is 5.14 Å². The summed E-state index contributed by atoms with van der Waals surface area (Å²) in [4.78, 5) is 19.2. The SMILES string of the molecule is Cc1nc(N2CCCN(c3cc(F)c(Br)cc3F)C2=O)sc1S(N)(=O)=O. The van der Waals surface area contributed by atoms with E-state index in [1.165, 1.54) is 11.8 Å². The molecule has 0 atom stereocenters. The summed E-state index contributed by atoms with van der Waals surface area (Å²) in [6.45, 7) is 1.93. The number of aryl methyl sites for hydroxylation is 1. The second-order valence-electron chi connectivity index (χ2n) is 5.57. The topological polar surface area (TPSA) is 96.6 Å². The first-order chi connectivity index (χ1) is 12.1. The zero-order chi connectivity index (χ0) is 19.2. The zero-order valence-corrected chi connectivity index (χ0v) is 16.6. The summed E-state index contributed by atoms with van der Waals surface area (Å²) in [7, 11) is -3.96. The average molecular weight is 467 g/mol. The molecule has 1 aliphatic heterocycles. The Kier molecular flexibility index (Phi) is 5.03. The van der Waals surface area contributed by atoms with E-state index in [0.29, 0.717) is 6.42 Å². The molecule has 0 radical (unpaired) electrons. The summed E-state index contributed by atoms with van der Waals surface area (Å²) < 4.78 is 51.0. The molecule has 1 aromatic heterocycles. The molecule has 2 amide bonds. The van der Waals surface area contributed by atoms with Crippen LogP contribution in [0, 0.1) is 18.6 Å². The number of anilines is 2. The molecule has 1 aromatic carbocycles. The lowest BCUT2D eigenvalue weighted by Gasteiger charge is -2.34. The van der Waals surface area contributed by atoms with Crippen LogP contribution >= 0.6 is 27.3 Å². The number of urea groups is 1. The van der Waals surface area contributed by atoms with E-state index in [-0.39, 0.29) is 38.3 Å². The van der Waals surface area contributed by atoms with Crippen LogP contribution in [0.3, 0.4) is 0 Å². The number of nitrogens with two attached hydrogens (primary N) is 1. The number of rotatable bonds is 3. The second kappa shape index (κ2) is 6.83. The lowest BCUT2D eigenvalue weighted by atomic mass is 10.2. The van der Waals surface area contributed by atoms with Crippen molar-refractivity contribution in [3.63, 3.8) is 0 Å². The molecule has 1 saturated heterocycles. The van der Waals surface area contributed by atoms with Gasteiger partial charge in [-0.1, -0.05) is 11.3 Å². The van der Waals surface area contributed by atoms with Gasteiger partial charge in [0, 0.05) is 19.2 Å². The summed E-state index contributed by atoms with van der Waals surface area (Å²) in [6.07, 6.45) is 0.464. The van der Waals surface area contributed by atoms with Crippen molar-refractivity contribution in [1.82, 2.24) is 4.98 Å². The van der Waals surface area contributed by atoms with Crippen LogP contribution in [0.1, 0.15) is 12.1 Å². The molecule has 0 spiro atoms. The predicted octanol–water partition coefficient (Wildman–Crippen LogP) is 2.98. The van der Waals surface area contributed by atoms with Crippen molar-refractivity contribution < 1.29 is 22.0 Å². The van der Waals surface area contributed by atoms with Crippen molar-refractivity contribution in [2.75, 3.05) is 22.9 Å². The number of halogens is 3. The van der Waals surface area contributed by atoms with Crippen LogP contribution in [0.2, 0.25) is 0 Å². The monoisotopic (exact) mass is 466 g/mol. The molecule has 2 N–H and O–H groups in total. The van der Waals surface area contributed by atoms with E-state index in [9.17, 15) is 22.0 Å². The van der Waals surface area contributed by atoms with E-state index in [2.05, 4.69) is 20.9 Å². The van der Waals surface area contributed by atoms with Crippen molar-refractivity contribution in [2.24, 2.45) is 5.14 Å². The fraction of sp³-hybridized carbons (Fsp3) is 0.286. The van der Waals surface area contributed by atoms with Crippen LogP contribution < -0.4 is 14.9 Å².